The molecule has 0 aliphatic carbocycles. The summed E-state index contributed by atoms with van der Waals surface area (Å²) in [4.78, 5) is 28.7. The minimum atomic E-state index is -0.964. The number of amides is 1. The molecule has 1 atom stereocenters. The normalized spacial score (nSPS) is 16.8. The zero-order chi connectivity index (χ0) is 32.3. The summed E-state index contributed by atoms with van der Waals surface area (Å²) in [5, 5.41) is 20.5. The fourth-order valence-electron chi connectivity index (χ4n) is 5.37. The highest BCUT2D eigenvalue weighted by Gasteiger charge is 2.48. The number of aliphatic hydroxyl groups excluding tert-OH is 1. The van der Waals surface area contributed by atoms with Crippen LogP contribution in [0.1, 0.15) is 33.9 Å². The number of aryl methyl sites for hydroxylation is 1. The van der Waals surface area contributed by atoms with Crippen LogP contribution in [-0.4, -0.2) is 40.2 Å². The largest absolute Gasteiger partial charge is 0.507 e. The van der Waals surface area contributed by atoms with Gasteiger partial charge in [-0.2, -0.15) is 0 Å². The zero-order valence-corrected chi connectivity index (χ0v) is 26.9. The number of aliphatic hydroxyl groups is 1. The first-order chi connectivity index (χ1) is 22.9. The molecular weight excluding hydrogens is 635 g/mol. The molecule has 2 aliphatic heterocycles. The molecule has 0 radical (unpaired) electrons. The van der Waals surface area contributed by atoms with Crippen molar-refractivity contribution in [2.24, 2.45) is 0 Å². The van der Waals surface area contributed by atoms with Gasteiger partial charge in [0.15, 0.2) is 15.8 Å². The Balaban J connectivity index is 1.23. The third kappa shape index (κ3) is 6.45. The van der Waals surface area contributed by atoms with Crippen LogP contribution in [0.15, 0.2) is 107 Å². The first-order valence-corrected chi connectivity index (χ1v) is 16.7. The van der Waals surface area contributed by atoms with Crippen molar-refractivity contribution < 1.29 is 28.9 Å². The molecule has 1 saturated heterocycles. The van der Waals surface area contributed by atoms with E-state index in [9.17, 15) is 14.7 Å². The van der Waals surface area contributed by atoms with Gasteiger partial charge in [-0.05, 0) is 53.9 Å². The Morgan fingerprint density at radius 2 is 1.66 bits per heavy atom. The standard InChI is InChI=1S/C36H29N3O6S2/c1-22-7-9-24(10-8-22)21-46-36-38-37-35(47-36)39-31(25-11-14-27(15-12-25)45-20-23-5-3-2-4-6-23)30(33(41)34(39)42)32(40)26-13-16-28-29(19-26)44-18-17-43-28/h2-16,19,31,40H,17-18,20-21H2,1H3/b32-30+. The highest BCUT2D eigenvalue weighted by molar-refractivity contribution is 8.00. The number of Topliss-reactive ketones (excluding diaryl/α,β-unsaturated/α-hetero) is 1. The molecule has 0 saturated carbocycles. The Bertz CT molecular complexity index is 1960. The topological polar surface area (TPSA) is 111 Å². The molecule has 236 valence electrons. The third-order valence-electron chi connectivity index (χ3n) is 7.79. The van der Waals surface area contributed by atoms with Crippen LogP contribution in [0.4, 0.5) is 5.13 Å². The number of aromatic nitrogens is 2. The quantitative estimate of drug-likeness (QED) is 0.0580. The monoisotopic (exact) mass is 663 g/mol. The number of rotatable bonds is 9. The fraction of sp³-hybridized carbons (Fsp3) is 0.167. The number of nitrogens with zero attached hydrogens (tertiary/aromatic N) is 3. The number of benzene rings is 4. The lowest BCUT2D eigenvalue weighted by Gasteiger charge is -2.23. The van der Waals surface area contributed by atoms with E-state index in [1.165, 1.54) is 33.6 Å². The van der Waals surface area contributed by atoms with Crippen LogP contribution in [-0.2, 0) is 21.9 Å². The second kappa shape index (κ2) is 13.3. The van der Waals surface area contributed by atoms with Crippen LogP contribution in [0.2, 0.25) is 0 Å². The number of anilines is 1. The SMILES string of the molecule is Cc1ccc(CSc2nnc(N3C(=O)C(=O)/C(=C(/O)c4ccc5c(c4)OCCO5)C3c3ccc(OCc4ccccc4)cc3)s2)cc1. The highest BCUT2D eigenvalue weighted by Crippen LogP contribution is 2.45. The van der Waals surface area contributed by atoms with Crippen molar-refractivity contribution in [1.82, 2.24) is 10.2 Å². The van der Waals surface area contributed by atoms with Crippen molar-refractivity contribution >= 4 is 45.7 Å². The second-order valence-corrected chi connectivity index (χ2v) is 13.2. The summed E-state index contributed by atoms with van der Waals surface area (Å²) < 4.78 is 18.0. The maximum atomic E-state index is 13.7. The fourth-order valence-corrected chi connectivity index (χ4v) is 7.19. The second-order valence-electron chi connectivity index (χ2n) is 11.0. The Morgan fingerprint density at radius 3 is 2.43 bits per heavy atom. The van der Waals surface area contributed by atoms with Gasteiger partial charge in [-0.15, -0.1) is 10.2 Å². The van der Waals surface area contributed by atoms with E-state index in [0.717, 1.165) is 11.1 Å². The maximum Gasteiger partial charge on any atom is 0.301 e. The van der Waals surface area contributed by atoms with Gasteiger partial charge in [-0.1, -0.05) is 95.4 Å². The molecule has 1 aromatic heterocycles. The smallest absolute Gasteiger partial charge is 0.301 e. The summed E-state index contributed by atoms with van der Waals surface area (Å²) >= 11 is 2.72. The van der Waals surface area contributed by atoms with E-state index in [2.05, 4.69) is 34.5 Å². The molecule has 7 rings (SSSR count). The van der Waals surface area contributed by atoms with E-state index in [1.807, 2.05) is 37.3 Å². The minimum Gasteiger partial charge on any atom is -0.507 e. The van der Waals surface area contributed by atoms with E-state index in [0.29, 0.717) is 58.3 Å². The molecule has 1 fully saturated rings. The molecule has 47 heavy (non-hydrogen) atoms. The number of hydrogen-bond acceptors (Lipinski definition) is 10. The zero-order valence-electron chi connectivity index (χ0n) is 25.3. The highest BCUT2D eigenvalue weighted by atomic mass is 32.2. The molecule has 4 aromatic carbocycles. The van der Waals surface area contributed by atoms with Crippen LogP contribution in [0.25, 0.3) is 5.76 Å². The van der Waals surface area contributed by atoms with Gasteiger partial charge >= 0.3 is 5.91 Å². The van der Waals surface area contributed by atoms with Crippen LogP contribution in [0.5, 0.6) is 17.2 Å². The minimum absolute atomic E-state index is 0.0614. The number of ketones is 1. The first-order valence-electron chi connectivity index (χ1n) is 14.9. The summed E-state index contributed by atoms with van der Waals surface area (Å²) in [7, 11) is 0. The van der Waals surface area contributed by atoms with Crippen molar-refractivity contribution in [3.05, 3.63) is 130 Å². The van der Waals surface area contributed by atoms with Crippen LogP contribution >= 0.6 is 23.1 Å². The van der Waals surface area contributed by atoms with E-state index < -0.39 is 17.7 Å². The van der Waals surface area contributed by atoms with Gasteiger partial charge in [0, 0.05) is 11.3 Å². The molecule has 0 bridgehead atoms. The number of fused-ring (bicyclic) bond motifs is 1. The molecule has 2 aliphatic rings. The van der Waals surface area contributed by atoms with Gasteiger partial charge in [0.2, 0.25) is 5.13 Å². The van der Waals surface area contributed by atoms with Gasteiger partial charge in [-0.25, -0.2) is 0 Å². The Hall–Kier alpha value is -5.13. The Labute approximate surface area is 279 Å². The molecule has 9 nitrogen and oxygen atoms in total. The molecule has 11 heteroatoms. The van der Waals surface area contributed by atoms with E-state index in [-0.39, 0.29) is 16.5 Å². The summed E-state index contributed by atoms with van der Waals surface area (Å²) in [5.74, 6) is 0.334. The molecule has 3 heterocycles. The summed E-state index contributed by atoms with van der Waals surface area (Å²) in [6, 6.07) is 29.2. The number of carbonyl (C=O) groups is 2. The van der Waals surface area contributed by atoms with Gasteiger partial charge in [-0.3, -0.25) is 14.5 Å². The number of ether oxygens (including phenoxy) is 3. The van der Waals surface area contributed by atoms with Gasteiger partial charge in [0.25, 0.3) is 5.78 Å². The molecule has 1 N–H and O–H groups in total. The van der Waals surface area contributed by atoms with E-state index in [4.69, 9.17) is 14.2 Å². The van der Waals surface area contributed by atoms with Crippen molar-refractivity contribution in [1.29, 1.82) is 0 Å². The predicted molar refractivity (Wildman–Crippen MR) is 180 cm³/mol. The maximum absolute atomic E-state index is 13.7. The number of hydrogen-bond donors (Lipinski definition) is 1. The average Bonchev–Trinajstić information content (AvgIpc) is 3.68. The van der Waals surface area contributed by atoms with E-state index in [1.54, 1.807) is 42.5 Å². The van der Waals surface area contributed by atoms with Crippen molar-refractivity contribution in [2.45, 2.75) is 29.7 Å². The average molecular weight is 664 g/mol. The van der Waals surface area contributed by atoms with E-state index >= 15 is 0 Å². The molecule has 0 spiro atoms. The Kier molecular flexibility index (Phi) is 8.64. The molecule has 1 unspecified atom stereocenters. The van der Waals surface area contributed by atoms with Crippen LogP contribution < -0.4 is 19.1 Å². The first kappa shape index (κ1) is 30.5. The van der Waals surface area contributed by atoms with Crippen molar-refractivity contribution in [3.63, 3.8) is 0 Å². The van der Waals surface area contributed by atoms with Crippen molar-refractivity contribution in [2.75, 3.05) is 18.1 Å². The summed E-state index contributed by atoms with van der Waals surface area (Å²) in [6.45, 7) is 3.21. The molecule has 1 amide bonds. The summed E-state index contributed by atoms with van der Waals surface area (Å²) in [6.07, 6.45) is 0. The third-order valence-corrected chi connectivity index (χ3v) is 9.92. The van der Waals surface area contributed by atoms with Crippen LogP contribution in [0.3, 0.4) is 0 Å². The molecule has 5 aromatic rings. The van der Waals surface area contributed by atoms with Gasteiger partial charge < -0.3 is 19.3 Å². The number of thioether (sulfide) groups is 1. The summed E-state index contributed by atoms with van der Waals surface area (Å²) in [5.41, 5.74) is 4.20. The Morgan fingerprint density at radius 1 is 0.915 bits per heavy atom. The predicted octanol–water partition coefficient (Wildman–Crippen LogP) is 7.12. The lowest BCUT2D eigenvalue weighted by molar-refractivity contribution is -0.132. The van der Waals surface area contributed by atoms with Crippen LogP contribution in [0, 0.1) is 6.92 Å². The van der Waals surface area contributed by atoms with Gasteiger partial charge in [0.1, 0.15) is 31.3 Å². The van der Waals surface area contributed by atoms with Gasteiger partial charge in [0.05, 0.1) is 11.6 Å². The number of carbonyl (C=O) groups excluding carboxylic acids is 2. The lowest BCUT2D eigenvalue weighted by Crippen LogP contribution is -2.29. The lowest BCUT2D eigenvalue weighted by atomic mass is 9.95. The van der Waals surface area contributed by atoms with Crippen molar-refractivity contribution in [3.8, 4) is 17.2 Å². The molecular formula is C36H29N3O6S2.